The van der Waals surface area contributed by atoms with Gasteiger partial charge < -0.3 is 9.26 Å². The maximum Gasteiger partial charge on any atom is 0.130 e. The van der Waals surface area contributed by atoms with E-state index in [0.29, 0.717) is 0 Å². The summed E-state index contributed by atoms with van der Waals surface area (Å²) in [5, 5.41) is 1.18. The van der Waals surface area contributed by atoms with Crippen molar-refractivity contribution in [2.75, 3.05) is 13.7 Å². The molecule has 1 rings (SSSR count). The molecule has 2 nitrogen and oxygen atoms in total. The number of rotatable bonds is 6. The van der Waals surface area contributed by atoms with E-state index in [1.807, 2.05) is 24.3 Å². The van der Waals surface area contributed by atoms with Crippen LogP contribution in [0.15, 0.2) is 24.3 Å². The monoisotopic (exact) mass is 290 g/mol. The molecule has 0 fully saturated rings. The SMILES string of the molecule is CCCCOP(Br)c1ccc(OC)cc1. The molecule has 0 saturated heterocycles. The second-order valence-corrected chi connectivity index (χ2v) is 6.33. The Labute approximate surface area is 101 Å². The van der Waals surface area contributed by atoms with Gasteiger partial charge in [0.1, 0.15) is 12.6 Å². The lowest BCUT2D eigenvalue weighted by molar-refractivity contribution is 0.354. The molecule has 1 aromatic carbocycles. The third kappa shape index (κ3) is 4.50. The summed E-state index contributed by atoms with van der Waals surface area (Å²) >= 11 is 3.56. The Morgan fingerprint density at radius 1 is 1.27 bits per heavy atom. The van der Waals surface area contributed by atoms with Gasteiger partial charge in [0, 0.05) is 5.30 Å². The van der Waals surface area contributed by atoms with Crippen molar-refractivity contribution in [2.24, 2.45) is 0 Å². The van der Waals surface area contributed by atoms with E-state index in [1.54, 1.807) is 7.11 Å². The average molecular weight is 291 g/mol. The first-order valence-corrected chi connectivity index (χ1v) is 8.28. The van der Waals surface area contributed by atoms with E-state index < -0.39 is 6.85 Å². The molecule has 0 radical (unpaired) electrons. The Bertz CT molecular complexity index is 276. The quantitative estimate of drug-likeness (QED) is 0.585. The topological polar surface area (TPSA) is 18.5 Å². The van der Waals surface area contributed by atoms with E-state index in [4.69, 9.17) is 9.26 Å². The lowest BCUT2D eigenvalue weighted by Gasteiger charge is -2.11. The van der Waals surface area contributed by atoms with Crippen LogP contribution in [0.4, 0.5) is 0 Å². The molecular weight excluding hydrogens is 275 g/mol. The molecule has 0 heterocycles. The van der Waals surface area contributed by atoms with Crippen molar-refractivity contribution in [3.8, 4) is 5.75 Å². The number of hydrogen-bond donors (Lipinski definition) is 0. The molecule has 0 spiro atoms. The molecule has 0 bridgehead atoms. The van der Waals surface area contributed by atoms with Gasteiger partial charge in [-0.15, -0.1) is 0 Å². The van der Waals surface area contributed by atoms with Crippen LogP contribution in [-0.2, 0) is 4.52 Å². The molecular formula is C11H16BrO2P. The van der Waals surface area contributed by atoms with Crippen LogP contribution in [0.5, 0.6) is 5.75 Å². The average Bonchev–Trinajstić information content (AvgIpc) is 2.29. The van der Waals surface area contributed by atoms with Crippen molar-refractivity contribution < 1.29 is 9.26 Å². The number of ether oxygens (including phenoxy) is 1. The fourth-order valence-electron chi connectivity index (χ4n) is 1.06. The van der Waals surface area contributed by atoms with Gasteiger partial charge in [0.05, 0.1) is 13.7 Å². The van der Waals surface area contributed by atoms with Gasteiger partial charge >= 0.3 is 0 Å². The van der Waals surface area contributed by atoms with Gasteiger partial charge in [-0.25, -0.2) is 0 Å². The predicted octanol–water partition coefficient (Wildman–Crippen LogP) is 3.84. The van der Waals surface area contributed by atoms with Crippen LogP contribution in [0.25, 0.3) is 0 Å². The van der Waals surface area contributed by atoms with E-state index in [9.17, 15) is 0 Å². The summed E-state index contributed by atoms with van der Waals surface area (Å²) < 4.78 is 10.8. The molecule has 84 valence electrons. The first kappa shape index (κ1) is 13.0. The Hall–Kier alpha value is -0.110. The minimum absolute atomic E-state index is 0.648. The van der Waals surface area contributed by atoms with Crippen LogP contribution in [0.2, 0.25) is 0 Å². The van der Waals surface area contributed by atoms with Gasteiger partial charge in [0.2, 0.25) is 0 Å². The first-order valence-electron chi connectivity index (χ1n) is 5.00. The minimum atomic E-state index is -0.648. The van der Waals surface area contributed by atoms with E-state index in [1.165, 1.54) is 11.7 Å². The van der Waals surface area contributed by atoms with Crippen LogP contribution < -0.4 is 10.0 Å². The van der Waals surface area contributed by atoms with Crippen molar-refractivity contribution in [1.82, 2.24) is 0 Å². The molecule has 0 amide bonds. The van der Waals surface area contributed by atoms with E-state index in [2.05, 4.69) is 22.4 Å². The Morgan fingerprint density at radius 3 is 2.47 bits per heavy atom. The van der Waals surface area contributed by atoms with Crippen molar-refractivity contribution in [1.29, 1.82) is 0 Å². The number of methoxy groups -OCH3 is 1. The second-order valence-electron chi connectivity index (χ2n) is 3.13. The predicted molar refractivity (Wildman–Crippen MR) is 69.3 cm³/mol. The lowest BCUT2D eigenvalue weighted by Crippen LogP contribution is -2.00. The summed E-state index contributed by atoms with van der Waals surface area (Å²) in [7, 11) is 1.67. The highest BCUT2D eigenvalue weighted by Crippen LogP contribution is 2.44. The largest absolute Gasteiger partial charge is 0.497 e. The third-order valence-corrected chi connectivity index (χ3v) is 4.93. The van der Waals surface area contributed by atoms with Crippen LogP contribution in [0, 0.1) is 0 Å². The molecule has 1 aromatic rings. The van der Waals surface area contributed by atoms with Crippen molar-refractivity contribution in [2.45, 2.75) is 19.8 Å². The Balaban J connectivity index is 2.46. The van der Waals surface area contributed by atoms with Crippen LogP contribution in [0.3, 0.4) is 0 Å². The molecule has 4 heteroatoms. The number of benzene rings is 1. The summed E-state index contributed by atoms with van der Waals surface area (Å²) in [5.74, 6) is 0.878. The fraction of sp³-hybridized carbons (Fsp3) is 0.455. The fourth-order valence-corrected chi connectivity index (χ4v) is 3.03. The summed E-state index contributed by atoms with van der Waals surface area (Å²) in [4.78, 5) is 0. The Morgan fingerprint density at radius 2 is 1.93 bits per heavy atom. The van der Waals surface area contributed by atoms with Gasteiger partial charge in [-0.2, -0.15) is 0 Å². The highest BCUT2D eigenvalue weighted by Gasteiger charge is 2.07. The highest BCUT2D eigenvalue weighted by atomic mass is 79.9. The summed E-state index contributed by atoms with van der Waals surface area (Å²) in [6, 6.07) is 7.97. The number of halogens is 1. The summed E-state index contributed by atoms with van der Waals surface area (Å²) in [6.07, 6.45) is 2.28. The molecule has 1 atom stereocenters. The van der Waals surface area contributed by atoms with Gasteiger partial charge in [-0.3, -0.25) is 0 Å². The number of unbranched alkanes of at least 4 members (excludes halogenated alkanes) is 1. The molecule has 15 heavy (non-hydrogen) atoms. The maximum atomic E-state index is 5.68. The summed E-state index contributed by atoms with van der Waals surface area (Å²) in [6.45, 7) is 2.33. The van der Waals surface area contributed by atoms with Crippen LogP contribution in [-0.4, -0.2) is 13.7 Å². The molecule has 0 N–H and O–H groups in total. The third-order valence-electron chi connectivity index (χ3n) is 1.98. The smallest absolute Gasteiger partial charge is 0.130 e. The van der Waals surface area contributed by atoms with Gasteiger partial charge in [-0.05, 0) is 46.2 Å². The minimum Gasteiger partial charge on any atom is -0.497 e. The molecule has 0 aliphatic rings. The molecule has 1 unspecified atom stereocenters. The molecule has 0 saturated carbocycles. The van der Waals surface area contributed by atoms with Crippen molar-refractivity contribution >= 4 is 27.6 Å². The lowest BCUT2D eigenvalue weighted by atomic mass is 10.3. The van der Waals surface area contributed by atoms with Crippen LogP contribution in [0.1, 0.15) is 19.8 Å². The van der Waals surface area contributed by atoms with Gasteiger partial charge in [0.25, 0.3) is 0 Å². The standard InChI is InChI=1S/C11H16BrO2P/c1-3-4-9-14-15(12)11-7-5-10(13-2)6-8-11/h5-8H,3-4,9H2,1-2H3. The zero-order valence-corrected chi connectivity index (χ0v) is 11.6. The van der Waals surface area contributed by atoms with E-state index >= 15 is 0 Å². The van der Waals surface area contributed by atoms with Crippen LogP contribution >= 0.6 is 22.3 Å². The Kier molecular flexibility index (Phi) is 6.23. The van der Waals surface area contributed by atoms with Gasteiger partial charge in [-0.1, -0.05) is 13.3 Å². The molecule has 0 aromatic heterocycles. The maximum absolute atomic E-state index is 5.68. The highest BCUT2D eigenvalue weighted by molar-refractivity contribution is 9.39. The molecule has 0 aliphatic heterocycles. The normalized spacial score (nSPS) is 12.5. The second kappa shape index (κ2) is 7.21. The first-order chi connectivity index (χ1) is 7.27. The molecule has 0 aliphatic carbocycles. The zero-order chi connectivity index (χ0) is 11.1. The summed E-state index contributed by atoms with van der Waals surface area (Å²) in [5.41, 5.74) is 0. The van der Waals surface area contributed by atoms with Crippen molar-refractivity contribution in [3.05, 3.63) is 24.3 Å². The number of hydrogen-bond acceptors (Lipinski definition) is 2. The zero-order valence-electron chi connectivity index (χ0n) is 9.07. The van der Waals surface area contributed by atoms with Crippen molar-refractivity contribution in [3.63, 3.8) is 0 Å². The van der Waals surface area contributed by atoms with Gasteiger partial charge in [0.15, 0.2) is 0 Å². The van der Waals surface area contributed by atoms with E-state index in [-0.39, 0.29) is 0 Å². The van der Waals surface area contributed by atoms with E-state index in [0.717, 1.165) is 18.8 Å².